The maximum atomic E-state index is 11.6. The van der Waals surface area contributed by atoms with Crippen molar-refractivity contribution in [3.05, 3.63) is 33.7 Å². The number of hydrogen-bond acceptors (Lipinski definition) is 6. The monoisotopic (exact) mass is 291 g/mol. The van der Waals surface area contributed by atoms with Gasteiger partial charge in [0.2, 0.25) is 0 Å². The largest absolute Gasteiger partial charge is 0.394 e. The van der Waals surface area contributed by atoms with E-state index in [9.17, 15) is 15.0 Å². The van der Waals surface area contributed by atoms with Gasteiger partial charge < -0.3 is 25.7 Å². The zero-order valence-electron chi connectivity index (χ0n) is 11.5. The lowest BCUT2D eigenvalue weighted by molar-refractivity contribution is -0.0222. The summed E-state index contributed by atoms with van der Waals surface area (Å²) in [7, 11) is 0. The maximum Gasteiger partial charge on any atom is 0.347 e. The Bertz CT molecular complexity index is 743. The third kappa shape index (κ3) is 2.39. The minimum Gasteiger partial charge on any atom is -0.394 e. The molecule has 0 spiro atoms. The van der Waals surface area contributed by atoms with Crippen molar-refractivity contribution in [3.8, 4) is 0 Å². The Labute approximate surface area is 120 Å². The van der Waals surface area contributed by atoms with Crippen molar-refractivity contribution in [2.45, 2.75) is 31.7 Å². The molecule has 0 unspecified atom stereocenters. The average molecular weight is 291 g/mol. The third-order valence-electron chi connectivity index (χ3n) is 3.79. The minimum atomic E-state index is -0.735. The second-order valence-electron chi connectivity index (χ2n) is 5.35. The number of rotatable bonds is 2. The molecule has 1 saturated heterocycles. The second-order valence-corrected chi connectivity index (χ2v) is 5.35. The van der Waals surface area contributed by atoms with Crippen LogP contribution in [0.5, 0.6) is 0 Å². The Hall–Kier alpha value is -1.96. The first-order valence-electron chi connectivity index (χ1n) is 6.74. The lowest BCUT2D eigenvalue weighted by atomic mass is 9.99. The van der Waals surface area contributed by atoms with Crippen molar-refractivity contribution in [2.75, 3.05) is 12.3 Å². The van der Waals surface area contributed by atoms with Gasteiger partial charge in [-0.1, -0.05) is 6.07 Å². The number of benzene rings is 1. The van der Waals surface area contributed by atoms with Gasteiger partial charge >= 0.3 is 5.69 Å². The van der Waals surface area contributed by atoms with E-state index in [1.165, 1.54) is 0 Å². The van der Waals surface area contributed by atoms with E-state index in [4.69, 9.17) is 10.5 Å². The van der Waals surface area contributed by atoms with E-state index in [1.54, 1.807) is 0 Å². The molecule has 1 aromatic heterocycles. The smallest absolute Gasteiger partial charge is 0.347 e. The molecule has 0 saturated carbocycles. The normalized spacial score (nSPS) is 25.6. The molecule has 1 fully saturated rings. The molecule has 1 aromatic carbocycles. The van der Waals surface area contributed by atoms with Gasteiger partial charge in [-0.3, -0.25) is 0 Å². The van der Waals surface area contributed by atoms with Crippen LogP contribution >= 0.6 is 0 Å². The van der Waals surface area contributed by atoms with E-state index >= 15 is 0 Å². The number of hydrogen-bond donors (Lipinski definition) is 4. The van der Waals surface area contributed by atoms with Gasteiger partial charge in [-0.2, -0.15) is 4.98 Å². The van der Waals surface area contributed by atoms with Crippen molar-refractivity contribution in [3.63, 3.8) is 0 Å². The Morgan fingerprint density at radius 1 is 1.52 bits per heavy atom. The molecule has 3 rings (SSSR count). The number of aliphatic hydroxyl groups excluding tert-OH is 2. The summed E-state index contributed by atoms with van der Waals surface area (Å²) < 4.78 is 5.67. The molecule has 0 radical (unpaired) electrons. The van der Waals surface area contributed by atoms with Crippen molar-refractivity contribution in [1.82, 2.24) is 9.97 Å². The van der Waals surface area contributed by atoms with Crippen molar-refractivity contribution < 1.29 is 14.9 Å². The number of nitrogens with one attached hydrogen (secondary N) is 1. The molecule has 0 amide bonds. The number of nitrogens with two attached hydrogens (primary N) is 1. The standard InChI is InChI=1S/C14H17N3O4/c1-6-2-7(10-4-9(19)11(5-18)21-10)12-8(3-6)13(15)17-14(20)16-12/h2-3,9-11,18-19H,4-5H2,1H3,(H3,15,16,17,20)/t9-,10+,11+/m0/s1. The number of nitrogen functional groups attached to an aromatic ring is 1. The first-order valence-corrected chi connectivity index (χ1v) is 6.74. The number of anilines is 1. The molecule has 0 aliphatic carbocycles. The number of nitrogens with zero attached hydrogens (tertiary/aromatic N) is 1. The van der Waals surface area contributed by atoms with Gasteiger partial charge in [-0.05, 0) is 18.6 Å². The van der Waals surface area contributed by atoms with Crippen LogP contribution in [0.1, 0.15) is 23.7 Å². The van der Waals surface area contributed by atoms with E-state index in [2.05, 4.69) is 9.97 Å². The molecule has 1 aliphatic rings. The minimum absolute atomic E-state index is 0.163. The van der Waals surface area contributed by atoms with Crippen LogP contribution in [0.2, 0.25) is 0 Å². The zero-order valence-corrected chi connectivity index (χ0v) is 11.5. The van der Waals surface area contributed by atoms with Crippen molar-refractivity contribution in [2.24, 2.45) is 0 Å². The molecule has 3 atom stereocenters. The van der Waals surface area contributed by atoms with E-state index in [-0.39, 0.29) is 12.4 Å². The molecular formula is C14H17N3O4. The van der Waals surface area contributed by atoms with Crippen LogP contribution in [-0.4, -0.2) is 39.0 Å². The highest BCUT2D eigenvalue weighted by molar-refractivity contribution is 5.90. The zero-order chi connectivity index (χ0) is 15.1. The lowest BCUT2D eigenvalue weighted by Gasteiger charge is -2.15. The van der Waals surface area contributed by atoms with Gasteiger partial charge in [0.05, 0.1) is 24.3 Å². The van der Waals surface area contributed by atoms with Gasteiger partial charge in [-0.15, -0.1) is 0 Å². The topological polar surface area (TPSA) is 121 Å². The Balaban J connectivity index is 2.16. The van der Waals surface area contributed by atoms with Crippen LogP contribution in [-0.2, 0) is 4.74 Å². The highest BCUT2D eigenvalue weighted by Gasteiger charge is 2.35. The summed E-state index contributed by atoms with van der Waals surface area (Å²) in [5, 5.41) is 19.7. The fourth-order valence-corrected chi connectivity index (χ4v) is 2.81. The molecule has 5 N–H and O–H groups in total. The number of aromatic amines is 1. The summed E-state index contributed by atoms with van der Waals surface area (Å²) in [6.45, 7) is 1.66. The van der Waals surface area contributed by atoms with E-state index in [1.807, 2.05) is 19.1 Å². The van der Waals surface area contributed by atoms with Crippen LogP contribution in [0, 0.1) is 6.92 Å². The summed E-state index contributed by atoms with van der Waals surface area (Å²) in [5.74, 6) is 0.163. The molecule has 21 heavy (non-hydrogen) atoms. The molecule has 2 heterocycles. The second kappa shape index (κ2) is 5.10. The van der Waals surface area contributed by atoms with Gasteiger partial charge in [0, 0.05) is 17.4 Å². The van der Waals surface area contributed by atoms with Crippen LogP contribution < -0.4 is 11.4 Å². The Morgan fingerprint density at radius 3 is 2.95 bits per heavy atom. The van der Waals surface area contributed by atoms with Crippen molar-refractivity contribution in [1.29, 1.82) is 0 Å². The van der Waals surface area contributed by atoms with Crippen LogP contribution in [0.4, 0.5) is 5.82 Å². The first-order chi connectivity index (χ1) is 9.99. The van der Waals surface area contributed by atoms with Crippen molar-refractivity contribution >= 4 is 16.7 Å². The predicted octanol–water partition coefficient (Wildman–Crippen LogP) is -0.00308. The fraction of sp³-hybridized carbons (Fsp3) is 0.429. The van der Waals surface area contributed by atoms with E-state index in [0.717, 1.165) is 11.1 Å². The SMILES string of the molecule is Cc1cc([C@H]2C[C@H](O)[C@@H](CO)O2)c2[nH]c(=O)nc(N)c2c1. The van der Waals surface area contributed by atoms with E-state index in [0.29, 0.717) is 17.3 Å². The first kappa shape index (κ1) is 14.0. The fourth-order valence-electron chi connectivity index (χ4n) is 2.81. The molecule has 112 valence electrons. The lowest BCUT2D eigenvalue weighted by Crippen LogP contribution is -2.24. The van der Waals surface area contributed by atoms with Gasteiger partial charge in [-0.25, -0.2) is 4.79 Å². The molecule has 0 bridgehead atoms. The maximum absolute atomic E-state index is 11.6. The summed E-state index contributed by atoms with van der Waals surface area (Å²) in [6, 6.07) is 3.72. The average Bonchev–Trinajstić information content (AvgIpc) is 2.80. The highest BCUT2D eigenvalue weighted by atomic mass is 16.5. The number of aryl methyl sites for hydroxylation is 1. The van der Waals surface area contributed by atoms with Crippen LogP contribution in [0.3, 0.4) is 0 Å². The molecule has 7 heteroatoms. The third-order valence-corrected chi connectivity index (χ3v) is 3.79. The van der Waals surface area contributed by atoms with Gasteiger partial charge in [0.15, 0.2) is 0 Å². The highest BCUT2D eigenvalue weighted by Crippen LogP contribution is 2.36. The molecular weight excluding hydrogens is 274 g/mol. The molecule has 7 nitrogen and oxygen atoms in total. The van der Waals surface area contributed by atoms with Gasteiger partial charge in [0.1, 0.15) is 11.9 Å². The molecule has 1 aliphatic heterocycles. The van der Waals surface area contributed by atoms with Gasteiger partial charge in [0.25, 0.3) is 0 Å². The van der Waals surface area contributed by atoms with Crippen LogP contribution in [0.25, 0.3) is 10.9 Å². The number of aromatic nitrogens is 2. The number of fused-ring (bicyclic) bond motifs is 1. The van der Waals surface area contributed by atoms with Crippen LogP contribution in [0.15, 0.2) is 16.9 Å². The predicted molar refractivity (Wildman–Crippen MR) is 76.8 cm³/mol. The summed E-state index contributed by atoms with van der Waals surface area (Å²) in [4.78, 5) is 17.9. The quantitative estimate of drug-likeness (QED) is 0.618. The summed E-state index contributed by atoms with van der Waals surface area (Å²) in [6.07, 6.45) is -1.40. The molecule has 2 aromatic rings. The Morgan fingerprint density at radius 2 is 2.29 bits per heavy atom. The number of H-pyrrole nitrogens is 1. The summed E-state index contributed by atoms with van der Waals surface area (Å²) in [5.41, 5.74) is 7.54. The number of aliphatic hydroxyl groups is 2. The number of ether oxygens (including phenoxy) is 1. The summed E-state index contributed by atoms with van der Waals surface area (Å²) >= 11 is 0. The Kier molecular flexibility index (Phi) is 3.40. The van der Waals surface area contributed by atoms with E-state index < -0.39 is 24.0 Å².